The van der Waals surface area contributed by atoms with Crippen LogP contribution in [0, 0.1) is 5.82 Å². The van der Waals surface area contributed by atoms with Gasteiger partial charge in [0.25, 0.3) is 5.82 Å². The highest BCUT2D eigenvalue weighted by Gasteiger charge is 2.12. The van der Waals surface area contributed by atoms with Crippen LogP contribution in [0.25, 0.3) is 0 Å². The molecule has 0 saturated heterocycles. The minimum absolute atomic E-state index is 0.0509. The molecular weight excluding hydrogens is 261 g/mol. The molecule has 5 nitrogen and oxygen atoms in total. The number of carbonyl (C=O) groups excluding carboxylic acids is 1. The number of rotatable bonds is 3. The lowest BCUT2D eigenvalue weighted by Gasteiger charge is -2.03. The predicted molar refractivity (Wildman–Crippen MR) is 61.9 cm³/mol. The maximum absolute atomic E-state index is 13.1. The van der Waals surface area contributed by atoms with Gasteiger partial charge in [0, 0.05) is 5.02 Å². The summed E-state index contributed by atoms with van der Waals surface area (Å²) >= 11 is 5.92. The summed E-state index contributed by atoms with van der Waals surface area (Å²) in [7, 11) is 1.24. The molecule has 2 rings (SSSR count). The van der Waals surface area contributed by atoms with Gasteiger partial charge in [0.2, 0.25) is 0 Å². The number of carbonyl (C=O) groups is 1. The lowest BCUT2D eigenvalue weighted by atomic mass is 10.2. The van der Waals surface area contributed by atoms with Crippen LogP contribution >= 0.6 is 11.6 Å². The van der Waals surface area contributed by atoms with E-state index in [2.05, 4.69) is 14.8 Å². The van der Waals surface area contributed by atoms with Gasteiger partial charge < -0.3 is 4.74 Å². The SMILES string of the molecule is COC(=O)c1ncn(Cc2cc(F)ccc2Cl)n1. The molecule has 0 fully saturated rings. The summed E-state index contributed by atoms with van der Waals surface area (Å²) in [5, 5.41) is 4.32. The number of hydrogen-bond acceptors (Lipinski definition) is 4. The fourth-order valence-electron chi connectivity index (χ4n) is 1.39. The fourth-order valence-corrected chi connectivity index (χ4v) is 1.57. The molecule has 0 N–H and O–H groups in total. The summed E-state index contributed by atoms with van der Waals surface area (Å²) in [6, 6.07) is 4.04. The summed E-state index contributed by atoms with van der Waals surface area (Å²) in [4.78, 5) is 14.9. The highest BCUT2D eigenvalue weighted by atomic mass is 35.5. The van der Waals surface area contributed by atoms with Crippen molar-refractivity contribution in [2.45, 2.75) is 6.54 Å². The molecule has 0 radical (unpaired) electrons. The molecule has 0 aliphatic rings. The average molecular weight is 270 g/mol. The van der Waals surface area contributed by atoms with Gasteiger partial charge in [-0.1, -0.05) is 11.6 Å². The van der Waals surface area contributed by atoms with Gasteiger partial charge in [-0.05, 0) is 23.8 Å². The number of hydrogen-bond donors (Lipinski definition) is 0. The van der Waals surface area contributed by atoms with Crippen LogP contribution in [0.1, 0.15) is 16.2 Å². The second-order valence-corrected chi connectivity index (χ2v) is 3.90. The van der Waals surface area contributed by atoms with Crippen LogP contribution in [-0.4, -0.2) is 27.8 Å². The van der Waals surface area contributed by atoms with E-state index >= 15 is 0 Å². The number of halogens is 2. The van der Waals surface area contributed by atoms with E-state index in [1.807, 2.05) is 0 Å². The normalized spacial score (nSPS) is 10.4. The molecule has 7 heteroatoms. The molecule has 0 bridgehead atoms. The summed E-state index contributed by atoms with van der Waals surface area (Å²) in [6.07, 6.45) is 1.35. The van der Waals surface area contributed by atoms with Gasteiger partial charge in [-0.3, -0.25) is 0 Å². The van der Waals surface area contributed by atoms with Crippen LogP contribution in [0.15, 0.2) is 24.5 Å². The highest BCUT2D eigenvalue weighted by Crippen LogP contribution is 2.17. The maximum Gasteiger partial charge on any atom is 0.377 e. The third kappa shape index (κ3) is 2.65. The first-order valence-electron chi connectivity index (χ1n) is 5.02. The Balaban J connectivity index is 2.21. The van der Waals surface area contributed by atoms with Crippen molar-refractivity contribution in [3.8, 4) is 0 Å². The van der Waals surface area contributed by atoms with Gasteiger partial charge in [0.1, 0.15) is 12.1 Å². The molecule has 1 heterocycles. The molecule has 1 aromatic carbocycles. The monoisotopic (exact) mass is 269 g/mol. The Morgan fingerprint density at radius 3 is 3.06 bits per heavy atom. The first kappa shape index (κ1) is 12.5. The van der Waals surface area contributed by atoms with E-state index in [1.165, 1.54) is 36.3 Å². The van der Waals surface area contributed by atoms with Crippen molar-refractivity contribution in [1.82, 2.24) is 14.8 Å². The van der Waals surface area contributed by atoms with Crippen LogP contribution in [0.2, 0.25) is 5.02 Å². The molecule has 0 unspecified atom stereocenters. The van der Waals surface area contributed by atoms with Crippen LogP contribution in [0.5, 0.6) is 0 Å². The van der Waals surface area contributed by atoms with E-state index in [9.17, 15) is 9.18 Å². The largest absolute Gasteiger partial charge is 0.463 e. The van der Waals surface area contributed by atoms with E-state index < -0.39 is 5.97 Å². The molecule has 0 amide bonds. The van der Waals surface area contributed by atoms with Crippen LogP contribution in [-0.2, 0) is 11.3 Å². The first-order valence-corrected chi connectivity index (χ1v) is 5.39. The number of aromatic nitrogens is 3. The molecule has 0 atom stereocenters. The Kier molecular flexibility index (Phi) is 3.57. The molecule has 0 spiro atoms. The zero-order chi connectivity index (χ0) is 13.1. The summed E-state index contributed by atoms with van der Waals surface area (Å²) < 4.78 is 18.9. The number of ether oxygens (including phenoxy) is 1. The molecule has 0 saturated carbocycles. The lowest BCUT2D eigenvalue weighted by molar-refractivity contribution is 0.0586. The third-order valence-electron chi connectivity index (χ3n) is 2.24. The van der Waals surface area contributed by atoms with Crippen molar-refractivity contribution in [3.05, 3.63) is 46.8 Å². The van der Waals surface area contributed by atoms with Gasteiger partial charge in [0.05, 0.1) is 13.7 Å². The van der Waals surface area contributed by atoms with Crippen molar-refractivity contribution in [3.63, 3.8) is 0 Å². The van der Waals surface area contributed by atoms with E-state index in [1.54, 1.807) is 0 Å². The number of nitrogens with zero attached hydrogens (tertiary/aromatic N) is 3. The van der Waals surface area contributed by atoms with Crippen LogP contribution < -0.4 is 0 Å². The quantitative estimate of drug-likeness (QED) is 0.799. The van der Waals surface area contributed by atoms with Crippen molar-refractivity contribution >= 4 is 17.6 Å². The Morgan fingerprint density at radius 2 is 2.33 bits per heavy atom. The molecule has 1 aromatic heterocycles. The molecule has 2 aromatic rings. The van der Waals surface area contributed by atoms with Gasteiger partial charge in [-0.15, -0.1) is 5.10 Å². The predicted octanol–water partition coefficient (Wildman–Crippen LogP) is 1.91. The minimum atomic E-state index is -0.626. The first-order chi connectivity index (χ1) is 8.60. The van der Waals surface area contributed by atoms with Gasteiger partial charge in [-0.2, -0.15) is 0 Å². The number of benzene rings is 1. The van der Waals surface area contributed by atoms with Crippen molar-refractivity contribution in [2.75, 3.05) is 7.11 Å². The smallest absolute Gasteiger partial charge is 0.377 e. The number of methoxy groups -OCH3 is 1. The van der Waals surface area contributed by atoms with Gasteiger partial charge in [-0.25, -0.2) is 18.9 Å². The molecule has 0 aliphatic carbocycles. The zero-order valence-electron chi connectivity index (χ0n) is 9.43. The number of esters is 1. The van der Waals surface area contributed by atoms with E-state index in [0.29, 0.717) is 10.6 Å². The Morgan fingerprint density at radius 1 is 1.56 bits per heavy atom. The second-order valence-electron chi connectivity index (χ2n) is 3.49. The van der Waals surface area contributed by atoms with Crippen LogP contribution in [0.4, 0.5) is 4.39 Å². The summed E-state index contributed by atoms with van der Waals surface area (Å²) in [5.74, 6) is -1.06. The summed E-state index contributed by atoms with van der Waals surface area (Å²) in [6.45, 7) is 0.223. The second kappa shape index (κ2) is 5.14. The van der Waals surface area contributed by atoms with Crippen molar-refractivity contribution < 1.29 is 13.9 Å². The van der Waals surface area contributed by atoms with Gasteiger partial charge >= 0.3 is 5.97 Å². The molecular formula is C11H9ClFN3O2. The topological polar surface area (TPSA) is 57.0 Å². The van der Waals surface area contributed by atoms with Crippen LogP contribution in [0.3, 0.4) is 0 Å². The fraction of sp³-hybridized carbons (Fsp3) is 0.182. The zero-order valence-corrected chi connectivity index (χ0v) is 10.2. The Hall–Kier alpha value is -1.95. The van der Waals surface area contributed by atoms with Crippen molar-refractivity contribution in [1.29, 1.82) is 0 Å². The lowest BCUT2D eigenvalue weighted by Crippen LogP contribution is -2.06. The van der Waals surface area contributed by atoms with Crippen molar-refractivity contribution in [2.24, 2.45) is 0 Å². The Bertz CT molecular complexity index is 585. The van der Waals surface area contributed by atoms with E-state index in [4.69, 9.17) is 11.6 Å². The summed E-state index contributed by atoms with van der Waals surface area (Å²) in [5.41, 5.74) is 0.554. The van der Waals surface area contributed by atoms with E-state index in [0.717, 1.165) is 0 Å². The standard InChI is InChI=1S/C11H9ClFN3O2/c1-18-11(17)10-14-6-16(15-10)5-7-4-8(13)2-3-9(7)12/h2-4,6H,5H2,1H3. The highest BCUT2D eigenvalue weighted by molar-refractivity contribution is 6.31. The van der Waals surface area contributed by atoms with Gasteiger partial charge in [0.15, 0.2) is 0 Å². The minimum Gasteiger partial charge on any atom is -0.463 e. The molecule has 0 aliphatic heterocycles. The van der Waals surface area contributed by atoms with E-state index in [-0.39, 0.29) is 18.2 Å². The average Bonchev–Trinajstić information content (AvgIpc) is 2.81. The molecule has 18 heavy (non-hydrogen) atoms. The molecule has 94 valence electrons. The third-order valence-corrected chi connectivity index (χ3v) is 2.61. The Labute approximate surface area is 107 Å². The maximum atomic E-state index is 13.1.